The molecule has 1 saturated carbocycles. The Morgan fingerprint density at radius 1 is 1.05 bits per heavy atom. The Balaban J connectivity index is 1.95. The Hall–Kier alpha value is -1.10. The molecule has 0 aromatic carbocycles. The van der Waals surface area contributed by atoms with Crippen LogP contribution in [0.1, 0.15) is 46.0 Å². The molecule has 5 heteroatoms. The van der Waals surface area contributed by atoms with Crippen molar-refractivity contribution in [3.63, 3.8) is 0 Å². The van der Waals surface area contributed by atoms with Gasteiger partial charge in [-0.2, -0.15) is 0 Å². The van der Waals surface area contributed by atoms with Crippen LogP contribution in [0.3, 0.4) is 0 Å². The van der Waals surface area contributed by atoms with Crippen molar-refractivity contribution in [3.05, 3.63) is 0 Å². The molecule has 1 heterocycles. The fourth-order valence-corrected chi connectivity index (χ4v) is 3.26. The summed E-state index contributed by atoms with van der Waals surface area (Å²) in [5.74, 6) is -0.738. The Morgan fingerprint density at radius 3 is 2.15 bits per heavy atom. The molecule has 20 heavy (non-hydrogen) atoms. The van der Waals surface area contributed by atoms with Crippen LogP contribution in [-0.4, -0.2) is 60.0 Å². The van der Waals surface area contributed by atoms with Crippen molar-refractivity contribution in [2.75, 3.05) is 20.1 Å². The molecular formula is C15H26N2O3. The third-order valence-corrected chi connectivity index (χ3v) is 4.33. The summed E-state index contributed by atoms with van der Waals surface area (Å²) in [6, 6.07) is 0.232. The number of carbonyl (C=O) groups excluding carboxylic acids is 2. The van der Waals surface area contributed by atoms with Crippen molar-refractivity contribution >= 4 is 11.8 Å². The first-order chi connectivity index (χ1) is 9.49. The Morgan fingerprint density at radius 2 is 1.60 bits per heavy atom. The van der Waals surface area contributed by atoms with Gasteiger partial charge < -0.3 is 14.5 Å². The number of amides is 2. The maximum Gasteiger partial charge on any atom is 0.312 e. The van der Waals surface area contributed by atoms with Crippen LogP contribution in [0.4, 0.5) is 0 Å². The van der Waals surface area contributed by atoms with E-state index in [1.807, 2.05) is 13.8 Å². The van der Waals surface area contributed by atoms with Gasteiger partial charge in [0.15, 0.2) is 0 Å². The summed E-state index contributed by atoms with van der Waals surface area (Å²) in [4.78, 5) is 28.0. The first-order valence-electron chi connectivity index (χ1n) is 7.70. The highest BCUT2D eigenvalue weighted by Crippen LogP contribution is 2.22. The van der Waals surface area contributed by atoms with E-state index in [-0.39, 0.29) is 30.1 Å². The minimum Gasteiger partial charge on any atom is -0.372 e. The van der Waals surface area contributed by atoms with Gasteiger partial charge in [0.05, 0.1) is 12.2 Å². The van der Waals surface area contributed by atoms with Crippen LogP contribution in [0, 0.1) is 0 Å². The molecule has 1 aliphatic carbocycles. The molecule has 114 valence electrons. The van der Waals surface area contributed by atoms with Gasteiger partial charge in [0.2, 0.25) is 0 Å². The zero-order valence-electron chi connectivity index (χ0n) is 12.8. The van der Waals surface area contributed by atoms with Crippen molar-refractivity contribution in [3.8, 4) is 0 Å². The lowest BCUT2D eigenvalue weighted by molar-refractivity contribution is -0.159. The molecule has 0 aromatic rings. The lowest BCUT2D eigenvalue weighted by Gasteiger charge is -2.37. The van der Waals surface area contributed by atoms with Gasteiger partial charge in [0.1, 0.15) is 0 Å². The minimum atomic E-state index is -0.375. The standard InChI is InChI=1S/C15H26N2O3/c1-11-9-17(10-12(2)20-11)15(19)14(18)16(3)13-7-5-4-6-8-13/h11-13H,4-10H2,1-3H3. The molecule has 2 rings (SSSR count). The number of morpholine rings is 1. The summed E-state index contributed by atoms with van der Waals surface area (Å²) >= 11 is 0. The van der Waals surface area contributed by atoms with E-state index in [9.17, 15) is 9.59 Å². The van der Waals surface area contributed by atoms with Gasteiger partial charge in [-0.3, -0.25) is 9.59 Å². The second-order valence-corrected chi connectivity index (χ2v) is 6.18. The van der Waals surface area contributed by atoms with Crippen molar-refractivity contribution in [2.24, 2.45) is 0 Å². The molecule has 1 saturated heterocycles. The predicted molar refractivity (Wildman–Crippen MR) is 76.2 cm³/mol. The average Bonchev–Trinajstić information content (AvgIpc) is 2.45. The summed E-state index contributed by atoms with van der Waals surface area (Å²) in [7, 11) is 1.77. The highest BCUT2D eigenvalue weighted by Gasteiger charge is 2.33. The van der Waals surface area contributed by atoms with Crippen LogP contribution in [0.2, 0.25) is 0 Å². The molecule has 0 spiro atoms. The minimum absolute atomic E-state index is 0.00418. The lowest BCUT2D eigenvalue weighted by atomic mass is 9.94. The average molecular weight is 282 g/mol. The van der Waals surface area contributed by atoms with Crippen molar-refractivity contribution < 1.29 is 14.3 Å². The summed E-state index contributed by atoms with van der Waals surface area (Å²) in [6.07, 6.45) is 5.58. The van der Waals surface area contributed by atoms with E-state index in [2.05, 4.69) is 0 Å². The summed E-state index contributed by atoms with van der Waals surface area (Å²) in [5.41, 5.74) is 0. The smallest absolute Gasteiger partial charge is 0.312 e. The first kappa shape index (κ1) is 15.3. The molecule has 0 N–H and O–H groups in total. The summed E-state index contributed by atoms with van der Waals surface area (Å²) in [6.45, 7) is 4.89. The van der Waals surface area contributed by atoms with Crippen molar-refractivity contribution in [1.29, 1.82) is 0 Å². The van der Waals surface area contributed by atoms with Gasteiger partial charge in [0, 0.05) is 26.2 Å². The SMILES string of the molecule is CC1CN(C(=O)C(=O)N(C)C2CCCCC2)CC(C)O1. The Bertz CT molecular complexity index is 356. The van der Waals surface area contributed by atoms with Gasteiger partial charge >= 0.3 is 11.8 Å². The molecule has 0 bridgehead atoms. The molecule has 0 radical (unpaired) electrons. The van der Waals surface area contributed by atoms with Gasteiger partial charge in [-0.15, -0.1) is 0 Å². The number of likely N-dealkylation sites (N-methyl/N-ethyl adjacent to an activating group) is 1. The van der Waals surface area contributed by atoms with Gasteiger partial charge in [-0.25, -0.2) is 0 Å². The third kappa shape index (κ3) is 3.51. The largest absolute Gasteiger partial charge is 0.372 e. The fraction of sp³-hybridized carbons (Fsp3) is 0.867. The molecule has 2 unspecified atom stereocenters. The normalized spacial score (nSPS) is 28.2. The highest BCUT2D eigenvalue weighted by molar-refractivity contribution is 6.34. The molecule has 2 atom stereocenters. The number of rotatable bonds is 1. The van der Waals surface area contributed by atoms with Crippen molar-refractivity contribution in [2.45, 2.75) is 64.2 Å². The van der Waals surface area contributed by atoms with E-state index < -0.39 is 0 Å². The molecule has 2 aliphatic rings. The Labute approximate surface area is 121 Å². The molecular weight excluding hydrogens is 256 g/mol. The van der Waals surface area contributed by atoms with E-state index in [0.29, 0.717) is 13.1 Å². The molecule has 2 amide bonds. The van der Waals surface area contributed by atoms with Crippen LogP contribution in [0.5, 0.6) is 0 Å². The van der Waals surface area contributed by atoms with E-state index in [4.69, 9.17) is 4.74 Å². The second kappa shape index (κ2) is 6.57. The van der Waals surface area contributed by atoms with Crippen LogP contribution < -0.4 is 0 Å². The van der Waals surface area contributed by atoms with E-state index in [0.717, 1.165) is 25.7 Å². The third-order valence-electron chi connectivity index (χ3n) is 4.33. The summed E-state index contributed by atoms with van der Waals surface area (Å²) < 4.78 is 5.60. The zero-order chi connectivity index (χ0) is 14.7. The first-order valence-corrected chi connectivity index (χ1v) is 7.70. The highest BCUT2D eigenvalue weighted by atomic mass is 16.5. The number of carbonyl (C=O) groups is 2. The number of nitrogens with zero attached hydrogens (tertiary/aromatic N) is 2. The van der Waals surface area contributed by atoms with E-state index in [1.165, 1.54) is 6.42 Å². The number of hydrogen-bond acceptors (Lipinski definition) is 3. The topological polar surface area (TPSA) is 49.9 Å². The van der Waals surface area contributed by atoms with Crippen LogP contribution in [0.25, 0.3) is 0 Å². The maximum atomic E-state index is 12.4. The van der Waals surface area contributed by atoms with Gasteiger partial charge in [-0.05, 0) is 26.7 Å². The van der Waals surface area contributed by atoms with Crippen LogP contribution in [-0.2, 0) is 14.3 Å². The zero-order valence-corrected chi connectivity index (χ0v) is 12.8. The number of ether oxygens (including phenoxy) is 1. The van der Waals surface area contributed by atoms with Crippen molar-refractivity contribution in [1.82, 2.24) is 9.80 Å². The number of hydrogen-bond donors (Lipinski definition) is 0. The molecule has 5 nitrogen and oxygen atoms in total. The quantitative estimate of drug-likeness (QED) is 0.683. The monoisotopic (exact) mass is 282 g/mol. The lowest BCUT2D eigenvalue weighted by Crippen LogP contribution is -2.54. The summed E-state index contributed by atoms with van der Waals surface area (Å²) in [5, 5.41) is 0. The molecule has 0 aromatic heterocycles. The second-order valence-electron chi connectivity index (χ2n) is 6.18. The predicted octanol–water partition coefficient (Wildman–Crippen LogP) is 1.41. The Kier molecular flexibility index (Phi) is 5.02. The molecule has 1 aliphatic heterocycles. The van der Waals surface area contributed by atoms with E-state index in [1.54, 1.807) is 16.8 Å². The van der Waals surface area contributed by atoms with E-state index >= 15 is 0 Å². The fourth-order valence-electron chi connectivity index (χ4n) is 3.26. The molecule has 2 fully saturated rings. The van der Waals surface area contributed by atoms with Crippen LogP contribution in [0.15, 0.2) is 0 Å². The van der Waals surface area contributed by atoms with Gasteiger partial charge in [-0.1, -0.05) is 19.3 Å². The maximum absolute atomic E-state index is 12.4. The van der Waals surface area contributed by atoms with Crippen LogP contribution >= 0.6 is 0 Å². The van der Waals surface area contributed by atoms with Gasteiger partial charge in [0.25, 0.3) is 0 Å².